The lowest BCUT2D eigenvalue weighted by Crippen LogP contribution is -2.31. The molecule has 0 aliphatic carbocycles. The SMILES string of the molecule is COC(=O)c1ccccc1C=[N+](O)C(C)(C)C. The Balaban J connectivity index is 3.20. The highest BCUT2D eigenvalue weighted by Gasteiger charge is 2.25. The molecule has 4 nitrogen and oxygen atoms in total. The number of carbonyl (C=O) groups is 1. The summed E-state index contributed by atoms with van der Waals surface area (Å²) in [4.78, 5) is 11.5. The molecule has 1 N–H and O–H groups in total. The summed E-state index contributed by atoms with van der Waals surface area (Å²) in [7, 11) is 1.33. The monoisotopic (exact) mass is 236 g/mol. The molecule has 0 spiro atoms. The molecule has 0 aliphatic heterocycles. The van der Waals surface area contributed by atoms with Crippen molar-refractivity contribution < 1.29 is 19.5 Å². The molecule has 0 bridgehead atoms. The second kappa shape index (κ2) is 4.99. The molecule has 0 atom stereocenters. The van der Waals surface area contributed by atoms with Gasteiger partial charge in [-0.3, -0.25) is 5.21 Å². The highest BCUT2D eigenvalue weighted by atomic mass is 16.5. The first-order valence-corrected chi connectivity index (χ1v) is 5.36. The zero-order chi connectivity index (χ0) is 13.1. The molecular formula is C13H18NO3+. The van der Waals surface area contributed by atoms with E-state index in [-0.39, 0.29) is 0 Å². The van der Waals surface area contributed by atoms with E-state index in [4.69, 9.17) is 0 Å². The summed E-state index contributed by atoms with van der Waals surface area (Å²) in [6.45, 7) is 5.60. The molecule has 1 rings (SSSR count). The predicted octanol–water partition coefficient (Wildman–Crippen LogP) is 2.09. The van der Waals surface area contributed by atoms with Crippen molar-refractivity contribution in [3.8, 4) is 0 Å². The van der Waals surface area contributed by atoms with Crippen molar-refractivity contribution in [2.24, 2.45) is 0 Å². The molecule has 0 unspecified atom stereocenters. The maximum Gasteiger partial charge on any atom is 0.338 e. The summed E-state index contributed by atoms with van der Waals surface area (Å²) < 4.78 is 5.76. The minimum Gasteiger partial charge on any atom is -0.465 e. The maximum absolute atomic E-state index is 11.5. The van der Waals surface area contributed by atoms with E-state index in [0.717, 1.165) is 4.74 Å². The third-order valence-corrected chi connectivity index (χ3v) is 2.31. The van der Waals surface area contributed by atoms with E-state index in [1.54, 1.807) is 24.3 Å². The number of hydrogen-bond acceptors (Lipinski definition) is 3. The smallest absolute Gasteiger partial charge is 0.338 e. The molecule has 0 heterocycles. The highest BCUT2D eigenvalue weighted by molar-refractivity contribution is 5.98. The number of benzene rings is 1. The number of esters is 1. The van der Waals surface area contributed by atoms with Crippen molar-refractivity contribution in [1.29, 1.82) is 0 Å². The lowest BCUT2D eigenvalue weighted by atomic mass is 10.1. The summed E-state index contributed by atoms with van der Waals surface area (Å²) in [6.07, 6.45) is 1.52. The topological polar surface area (TPSA) is 49.5 Å². The average Bonchev–Trinajstić information content (AvgIpc) is 2.27. The van der Waals surface area contributed by atoms with E-state index in [1.807, 2.05) is 20.8 Å². The van der Waals surface area contributed by atoms with Crippen LogP contribution in [0.5, 0.6) is 0 Å². The second-order valence-corrected chi connectivity index (χ2v) is 4.72. The van der Waals surface area contributed by atoms with Gasteiger partial charge in [0.05, 0.1) is 18.2 Å². The van der Waals surface area contributed by atoms with Crippen molar-refractivity contribution in [2.75, 3.05) is 7.11 Å². The molecule has 92 valence electrons. The Morgan fingerprint density at radius 1 is 1.35 bits per heavy atom. The van der Waals surface area contributed by atoms with E-state index >= 15 is 0 Å². The van der Waals surface area contributed by atoms with Crippen LogP contribution in [0, 0.1) is 0 Å². The van der Waals surface area contributed by atoms with E-state index in [0.29, 0.717) is 11.1 Å². The van der Waals surface area contributed by atoms with Crippen LogP contribution in [0.15, 0.2) is 24.3 Å². The molecule has 0 amide bonds. The number of hydroxylamine groups is 1. The van der Waals surface area contributed by atoms with Crippen LogP contribution in [0.2, 0.25) is 0 Å². The molecule has 0 fully saturated rings. The van der Waals surface area contributed by atoms with Crippen molar-refractivity contribution in [2.45, 2.75) is 26.3 Å². The summed E-state index contributed by atoms with van der Waals surface area (Å²) in [6, 6.07) is 6.96. The van der Waals surface area contributed by atoms with E-state index in [9.17, 15) is 10.0 Å². The minimum absolute atomic E-state index is 0.417. The first kappa shape index (κ1) is 13.2. The number of methoxy groups -OCH3 is 1. The van der Waals surface area contributed by atoms with Gasteiger partial charge >= 0.3 is 5.97 Å². The summed E-state index contributed by atoms with van der Waals surface area (Å²) in [5, 5.41) is 9.84. The van der Waals surface area contributed by atoms with Gasteiger partial charge in [0.2, 0.25) is 11.8 Å². The molecule has 0 aromatic heterocycles. The van der Waals surface area contributed by atoms with Crippen molar-refractivity contribution >= 4 is 12.2 Å². The maximum atomic E-state index is 11.5. The Morgan fingerprint density at radius 3 is 2.47 bits per heavy atom. The van der Waals surface area contributed by atoms with Crippen LogP contribution in [0.3, 0.4) is 0 Å². The number of rotatable bonds is 2. The Labute approximate surface area is 101 Å². The quantitative estimate of drug-likeness (QED) is 0.281. The zero-order valence-electron chi connectivity index (χ0n) is 10.6. The lowest BCUT2D eigenvalue weighted by molar-refractivity contribution is -0.816. The van der Waals surface area contributed by atoms with Crippen LogP contribution in [0.4, 0.5) is 0 Å². The first-order valence-electron chi connectivity index (χ1n) is 5.36. The van der Waals surface area contributed by atoms with Crippen LogP contribution < -0.4 is 0 Å². The van der Waals surface area contributed by atoms with Crippen molar-refractivity contribution in [1.82, 2.24) is 0 Å². The highest BCUT2D eigenvalue weighted by Crippen LogP contribution is 2.10. The summed E-state index contributed by atoms with van der Waals surface area (Å²) in [5.74, 6) is -0.417. The largest absolute Gasteiger partial charge is 0.465 e. The van der Waals surface area contributed by atoms with E-state index < -0.39 is 11.5 Å². The molecule has 1 aromatic rings. The molecular weight excluding hydrogens is 218 g/mol. The van der Waals surface area contributed by atoms with Gasteiger partial charge in [0.25, 0.3) is 0 Å². The fraction of sp³-hybridized carbons (Fsp3) is 0.385. The number of carbonyl (C=O) groups excluding carboxylic acids is 1. The lowest BCUT2D eigenvalue weighted by Gasteiger charge is -2.10. The molecule has 0 saturated heterocycles. The third-order valence-electron chi connectivity index (χ3n) is 2.31. The van der Waals surface area contributed by atoms with Crippen LogP contribution in [-0.4, -0.2) is 34.8 Å². The van der Waals surface area contributed by atoms with Crippen molar-refractivity contribution in [3.05, 3.63) is 35.4 Å². The van der Waals surface area contributed by atoms with Gasteiger partial charge in [0, 0.05) is 20.8 Å². The van der Waals surface area contributed by atoms with Gasteiger partial charge in [0.1, 0.15) is 0 Å². The summed E-state index contributed by atoms with van der Waals surface area (Å²) in [5.41, 5.74) is 0.624. The van der Waals surface area contributed by atoms with Gasteiger partial charge < -0.3 is 4.74 Å². The first-order chi connectivity index (χ1) is 7.86. The molecule has 0 saturated carbocycles. The number of ether oxygens (including phenoxy) is 1. The Kier molecular flexibility index (Phi) is 3.89. The fourth-order valence-corrected chi connectivity index (χ4v) is 1.23. The Hall–Kier alpha value is -1.84. The van der Waals surface area contributed by atoms with E-state index in [1.165, 1.54) is 13.3 Å². The number of hydrogen-bond donors (Lipinski definition) is 1. The van der Waals surface area contributed by atoms with Crippen molar-refractivity contribution in [3.63, 3.8) is 0 Å². The molecule has 17 heavy (non-hydrogen) atoms. The van der Waals surface area contributed by atoms with Gasteiger partial charge in [-0.25, -0.2) is 4.79 Å². The third kappa shape index (κ3) is 3.31. The predicted molar refractivity (Wildman–Crippen MR) is 64.7 cm³/mol. The van der Waals surface area contributed by atoms with Gasteiger partial charge in [-0.05, 0) is 16.9 Å². The van der Waals surface area contributed by atoms with Crippen LogP contribution in [0.25, 0.3) is 0 Å². The van der Waals surface area contributed by atoms with Crippen LogP contribution in [-0.2, 0) is 4.74 Å². The Bertz CT molecular complexity index is 444. The van der Waals surface area contributed by atoms with E-state index in [2.05, 4.69) is 4.74 Å². The molecule has 0 radical (unpaired) electrons. The average molecular weight is 236 g/mol. The molecule has 0 aliphatic rings. The van der Waals surface area contributed by atoms with Gasteiger partial charge in [0.15, 0.2) is 0 Å². The Morgan fingerprint density at radius 2 is 1.94 bits per heavy atom. The van der Waals surface area contributed by atoms with Crippen LogP contribution >= 0.6 is 0 Å². The van der Waals surface area contributed by atoms with Gasteiger partial charge in [-0.15, -0.1) is 0 Å². The minimum atomic E-state index is -0.427. The normalized spacial score (nSPS) is 12.4. The van der Waals surface area contributed by atoms with Gasteiger partial charge in [-0.2, -0.15) is 0 Å². The zero-order valence-corrected chi connectivity index (χ0v) is 10.6. The fourth-order valence-electron chi connectivity index (χ4n) is 1.23. The summed E-state index contributed by atoms with van der Waals surface area (Å²) >= 11 is 0. The standard InChI is InChI=1S/C13H18NO3/c1-13(2,3)14(16)9-10-7-5-6-8-11(10)12(15)17-4/h5-9,16H,1-4H3/q+1. The molecule has 1 aromatic carbocycles. The van der Waals surface area contributed by atoms with Gasteiger partial charge in [-0.1, -0.05) is 12.1 Å². The second-order valence-electron chi connectivity index (χ2n) is 4.72. The molecule has 4 heteroatoms. The number of nitrogens with zero attached hydrogens (tertiary/aromatic N) is 1. The van der Waals surface area contributed by atoms with Crippen LogP contribution in [0.1, 0.15) is 36.7 Å².